The fraction of sp³-hybridized carbons (Fsp3) is 0.273. The van der Waals surface area contributed by atoms with Gasteiger partial charge < -0.3 is 10.4 Å². The minimum atomic E-state index is 0.301. The molecular weight excluding hydrogens is 204 g/mol. The summed E-state index contributed by atoms with van der Waals surface area (Å²) in [6, 6.07) is 7.23. The van der Waals surface area contributed by atoms with Gasteiger partial charge in [-0.15, -0.1) is 0 Å². The highest BCUT2D eigenvalue weighted by Gasteiger charge is 1.95. The van der Waals surface area contributed by atoms with Crippen LogP contribution in [0.25, 0.3) is 0 Å². The molecule has 0 aliphatic carbocycles. The smallest absolute Gasteiger partial charge is 0.137 e. The Morgan fingerprint density at radius 1 is 1.38 bits per heavy atom. The first-order valence-corrected chi connectivity index (χ1v) is 5.15. The van der Waals surface area contributed by atoms with Crippen LogP contribution in [-0.4, -0.2) is 26.4 Å². The van der Waals surface area contributed by atoms with Crippen molar-refractivity contribution in [3.05, 3.63) is 42.5 Å². The predicted molar refractivity (Wildman–Crippen MR) is 59.8 cm³/mol. The lowest BCUT2D eigenvalue weighted by Crippen LogP contribution is -2.19. The lowest BCUT2D eigenvalue weighted by molar-refractivity contribution is 0.473. The summed E-state index contributed by atoms with van der Waals surface area (Å²) in [6.45, 7) is 2.35. The standard InChI is InChI=1S/C11H14N4O/c16-11-3-1-2-10(6-11)7-12-4-5-15-9-13-8-14-15/h1-3,6,8-9,12,16H,4-5,7H2. The van der Waals surface area contributed by atoms with Crippen LogP contribution in [0.4, 0.5) is 0 Å². The zero-order chi connectivity index (χ0) is 11.2. The first kappa shape index (κ1) is 10.6. The molecule has 0 aliphatic rings. The largest absolute Gasteiger partial charge is 0.508 e. The molecule has 1 aromatic heterocycles. The van der Waals surface area contributed by atoms with E-state index < -0.39 is 0 Å². The van der Waals surface area contributed by atoms with Gasteiger partial charge in [0, 0.05) is 13.1 Å². The second kappa shape index (κ2) is 5.27. The second-order valence-corrected chi connectivity index (χ2v) is 3.51. The van der Waals surface area contributed by atoms with Crippen molar-refractivity contribution in [1.29, 1.82) is 0 Å². The van der Waals surface area contributed by atoms with Gasteiger partial charge in [0.1, 0.15) is 18.4 Å². The number of nitrogens with zero attached hydrogens (tertiary/aromatic N) is 3. The van der Waals surface area contributed by atoms with Gasteiger partial charge in [0.05, 0.1) is 6.54 Å². The molecule has 5 nitrogen and oxygen atoms in total. The number of hydrogen-bond acceptors (Lipinski definition) is 4. The molecule has 0 unspecified atom stereocenters. The molecule has 0 aliphatic heterocycles. The fourth-order valence-corrected chi connectivity index (χ4v) is 1.44. The maximum atomic E-state index is 9.27. The molecule has 0 bridgehead atoms. The Morgan fingerprint density at radius 2 is 2.31 bits per heavy atom. The van der Waals surface area contributed by atoms with Crippen molar-refractivity contribution in [2.24, 2.45) is 0 Å². The van der Waals surface area contributed by atoms with Gasteiger partial charge in [-0.05, 0) is 17.7 Å². The van der Waals surface area contributed by atoms with E-state index in [2.05, 4.69) is 15.4 Å². The lowest BCUT2D eigenvalue weighted by atomic mass is 10.2. The molecule has 2 rings (SSSR count). The summed E-state index contributed by atoms with van der Waals surface area (Å²) in [5.41, 5.74) is 1.07. The molecule has 0 saturated carbocycles. The molecule has 0 saturated heterocycles. The van der Waals surface area contributed by atoms with E-state index in [0.29, 0.717) is 5.75 Å². The van der Waals surface area contributed by atoms with Crippen LogP contribution in [0, 0.1) is 0 Å². The fourth-order valence-electron chi connectivity index (χ4n) is 1.44. The second-order valence-electron chi connectivity index (χ2n) is 3.51. The predicted octanol–water partition coefficient (Wildman–Crippen LogP) is 0.774. The lowest BCUT2D eigenvalue weighted by Gasteiger charge is -2.05. The SMILES string of the molecule is Oc1cccc(CNCCn2cncn2)c1. The van der Waals surface area contributed by atoms with E-state index in [1.165, 1.54) is 6.33 Å². The van der Waals surface area contributed by atoms with Crippen LogP contribution in [0.15, 0.2) is 36.9 Å². The number of hydrogen-bond donors (Lipinski definition) is 2. The van der Waals surface area contributed by atoms with Crippen LogP contribution in [0.1, 0.15) is 5.56 Å². The Hall–Kier alpha value is -1.88. The van der Waals surface area contributed by atoms with Crippen molar-refractivity contribution in [2.45, 2.75) is 13.1 Å². The molecule has 84 valence electrons. The number of nitrogens with one attached hydrogen (secondary N) is 1. The topological polar surface area (TPSA) is 63.0 Å². The molecular formula is C11H14N4O. The first-order valence-electron chi connectivity index (χ1n) is 5.15. The van der Waals surface area contributed by atoms with Crippen molar-refractivity contribution in [3.8, 4) is 5.75 Å². The van der Waals surface area contributed by atoms with Crippen molar-refractivity contribution >= 4 is 0 Å². The highest BCUT2D eigenvalue weighted by atomic mass is 16.3. The third-order valence-corrected chi connectivity index (χ3v) is 2.22. The molecule has 2 N–H and O–H groups in total. The maximum Gasteiger partial charge on any atom is 0.137 e. The molecule has 0 amide bonds. The Labute approximate surface area is 93.8 Å². The Morgan fingerprint density at radius 3 is 3.06 bits per heavy atom. The van der Waals surface area contributed by atoms with Crippen molar-refractivity contribution in [2.75, 3.05) is 6.54 Å². The monoisotopic (exact) mass is 218 g/mol. The molecule has 0 radical (unpaired) electrons. The molecule has 5 heteroatoms. The number of benzene rings is 1. The number of aromatic hydroxyl groups is 1. The summed E-state index contributed by atoms with van der Waals surface area (Å²) in [5.74, 6) is 0.301. The Bertz CT molecular complexity index is 427. The maximum absolute atomic E-state index is 9.27. The summed E-state index contributed by atoms with van der Waals surface area (Å²) in [6.07, 6.45) is 3.21. The van der Waals surface area contributed by atoms with Crippen LogP contribution in [0.2, 0.25) is 0 Å². The van der Waals surface area contributed by atoms with Gasteiger partial charge in [-0.2, -0.15) is 5.10 Å². The average Bonchev–Trinajstić information content (AvgIpc) is 2.77. The van der Waals surface area contributed by atoms with Crippen LogP contribution in [-0.2, 0) is 13.1 Å². The van der Waals surface area contributed by atoms with Gasteiger partial charge in [-0.25, -0.2) is 4.98 Å². The van der Waals surface area contributed by atoms with Crippen LogP contribution in [0.3, 0.4) is 0 Å². The number of aromatic nitrogens is 3. The summed E-state index contributed by atoms with van der Waals surface area (Å²) < 4.78 is 1.77. The molecule has 1 heterocycles. The summed E-state index contributed by atoms with van der Waals surface area (Å²) in [7, 11) is 0. The van der Waals surface area contributed by atoms with Crippen LogP contribution >= 0.6 is 0 Å². The minimum Gasteiger partial charge on any atom is -0.508 e. The summed E-state index contributed by atoms with van der Waals surface area (Å²) in [5, 5.41) is 16.5. The number of phenols is 1. The van der Waals surface area contributed by atoms with Gasteiger partial charge in [0.2, 0.25) is 0 Å². The Kier molecular flexibility index (Phi) is 3.50. The van der Waals surface area contributed by atoms with E-state index in [1.54, 1.807) is 23.1 Å². The quantitative estimate of drug-likeness (QED) is 0.728. The first-order chi connectivity index (χ1) is 7.84. The zero-order valence-corrected chi connectivity index (χ0v) is 8.87. The molecule has 16 heavy (non-hydrogen) atoms. The van der Waals surface area contributed by atoms with Crippen molar-refractivity contribution in [3.63, 3.8) is 0 Å². The van der Waals surface area contributed by atoms with Gasteiger partial charge in [0.15, 0.2) is 0 Å². The molecule has 0 fully saturated rings. The molecule has 1 aromatic carbocycles. The number of rotatable bonds is 5. The van der Waals surface area contributed by atoms with Crippen LogP contribution in [0.5, 0.6) is 5.75 Å². The van der Waals surface area contributed by atoms with Gasteiger partial charge in [0.25, 0.3) is 0 Å². The van der Waals surface area contributed by atoms with E-state index in [1.807, 2.05) is 12.1 Å². The molecule has 0 atom stereocenters. The van der Waals surface area contributed by atoms with Gasteiger partial charge in [-0.3, -0.25) is 4.68 Å². The highest BCUT2D eigenvalue weighted by Crippen LogP contribution is 2.10. The van der Waals surface area contributed by atoms with Crippen molar-refractivity contribution in [1.82, 2.24) is 20.1 Å². The minimum absolute atomic E-state index is 0.301. The van der Waals surface area contributed by atoms with E-state index in [4.69, 9.17) is 0 Å². The third-order valence-electron chi connectivity index (χ3n) is 2.22. The third kappa shape index (κ3) is 3.06. The van der Waals surface area contributed by atoms with E-state index in [9.17, 15) is 5.11 Å². The van der Waals surface area contributed by atoms with Crippen LogP contribution < -0.4 is 5.32 Å². The number of phenolic OH excluding ortho intramolecular Hbond substituents is 1. The highest BCUT2D eigenvalue weighted by molar-refractivity contribution is 5.26. The zero-order valence-electron chi connectivity index (χ0n) is 8.87. The van der Waals surface area contributed by atoms with E-state index >= 15 is 0 Å². The van der Waals surface area contributed by atoms with Gasteiger partial charge in [-0.1, -0.05) is 12.1 Å². The van der Waals surface area contributed by atoms with Crippen molar-refractivity contribution < 1.29 is 5.11 Å². The van der Waals surface area contributed by atoms with Gasteiger partial charge >= 0.3 is 0 Å². The molecule has 2 aromatic rings. The normalized spacial score (nSPS) is 10.5. The Balaban J connectivity index is 1.72. The summed E-state index contributed by atoms with van der Waals surface area (Å²) in [4.78, 5) is 3.86. The molecule has 0 spiro atoms. The van der Waals surface area contributed by atoms with E-state index in [0.717, 1.165) is 25.2 Å². The van der Waals surface area contributed by atoms with E-state index in [-0.39, 0.29) is 0 Å². The average molecular weight is 218 g/mol. The summed E-state index contributed by atoms with van der Waals surface area (Å²) >= 11 is 0.